The van der Waals surface area contributed by atoms with Crippen LogP contribution in [0.3, 0.4) is 0 Å². The summed E-state index contributed by atoms with van der Waals surface area (Å²) in [7, 11) is 0. The minimum Gasteiger partial charge on any atom is -0.506 e. The van der Waals surface area contributed by atoms with Crippen molar-refractivity contribution in [2.75, 3.05) is 11.5 Å². The Bertz CT molecular complexity index is 2620. The molecule has 366 valence electrons. The van der Waals surface area contributed by atoms with Crippen molar-refractivity contribution in [3.8, 4) is 34.5 Å². The third-order valence-electron chi connectivity index (χ3n) is 24.6. The van der Waals surface area contributed by atoms with Crippen molar-refractivity contribution in [3.05, 3.63) is 96.1 Å². The van der Waals surface area contributed by atoms with E-state index >= 15 is 0 Å². The molecule has 0 radical (unpaired) electrons. The van der Waals surface area contributed by atoms with Crippen molar-refractivity contribution < 1.29 is 19.7 Å². The minimum atomic E-state index is -0.415. The average Bonchev–Trinajstić information content (AvgIpc) is 3.31. The summed E-state index contributed by atoms with van der Waals surface area (Å²) in [6, 6.07) is 29.3. The van der Waals surface area contributed by atoms with Crippen molar-refractivity contribution in [2.24, 2.45) is 105 Å². The van der Waals surface area contributed by atoms with Crippen LogP contribution in [-0.2, 0) is 5.41 Å². The van der Waals surface area contributed by atoms with Gasteiger partial charge in [0, 0.05) is 28.7 Å². The van der Waals surface area contributed by atoms with E-state index in [2.05, 4.69) is 48.5 Å². The molecular weight excluding hydrogens is 861 g/mol. The molecule has 0 saturated heterocycles. The molecule has 0 aliphatic heterocycles. The zero-order valence-corrected chi connectivity index (χ0v) is 41.4. The van der Waals surface area contributed by atoms with Crippen LogP contribution in [0.2, 0.25) is 0 Å². The summed E-state index contributed by atoms with van der Waals surface area (Å²) in [6.07, 6.45) is 30.7. The molecule has 8 unspecified atom stereocenters. The van der Waals surface area contributed by atoms with Gasteiger partial charge in [0.15, 0.2) is 0 Å². The van der Waals surface area contributed by atoms with Crippen molar-refractivity contribution >= 4 is 11.4 Å². The lowest BCUT2D eigenvalue weighted by Gasteiger charge is -2.82. The van der Waals surface area contributed by atoms with E-state index in [-0.39, 0.29) is 22.3 Å². The van der Waals surface area contributed by atoms with Gasteiger partial charge in [0.05, 0.1) is 11.4 Å². The van der Waals surface area contributed by atoms with Crippen LogP contribution in [-0.4, -0.2) is 10.2 Å². The number of phenols is 2. The second-order valence-corrected chi connectivity index (χ2v) is 27.9. The van der Waals surface area contributed by atoms with Gasteiger partial charge in [-0.2, -0.15) is 0 Å². The molecule has 20 rings (SSSR count). The van der Waals surface area contributed by atoms with E-state index in [1.807, 2.05) is 12.1 Å². The maximum atomic E-state index is 11.0. The fourth-order valence-electron chi connectivity index (χ4n) is 25.1. The standard InChI is InChI=1S/C64H76N2O4/c65-52-11-9-48(25-54(52)67)69-56-7-3-1-5-50(56)64(51-6-2-4-8-57(51)70-49-10-12-53(66)55(68)26-49)47-23-43-18-44(24-47)35-63(64,34-43)62-32-41-17-42(33-62)22-46(21-41)59(62)61-30-39-16-40(31-61)20-45(19-39)58(61)60-27-36-13-37(28-60)15-38(14-36)29-60/h1-12,25-26,36-47,58-59,67-68H,13-24,27-35,65-66H2. The average molecular weight is 937 g/mol. The van der Waals surface area contributed by atoms with Crippen LogP contribution in [0.25, 0.3) is 0 Å². The number of hydrogen-bond donors (Lipinski definition) is 4. The number of para-hydroxylation sites is 2. The lowest BCUT2D eigenvalue weighted by atomic mass is 9.21. The van der Waals surface area contributed by atoms with E-state index < -0.39 is 5.41 Å². The second-order valence-electron chi connectivity index (χ2n) is 27.9. The topological polar surface area (TPSA) is 111 Å². The van der Waals surface area contributed by atoms with Gasteiger partial charge in [-0.15, -0.1) is 0 Å². The first-order chi connectivity index (χ1) is 34.0. The summed E-state index contributed by atoms with van der Waals surface area (Å²) in [4.78, 5) is 0. The number of phenolic OH excluding ortho intramolecular Hbond substituents is 2. The Balaban J connectivity index is 0.962. The monoisotopic (exact) mass is 937 g/mol. The number of hydrogen-bond acceptors (Lipinski definition) is 6. The number of aromatic hydroxyl groups is 2. The summed E-state index contributed by atoms with van der Waals surface area (Å²) in [5.41, 5.74) is 16.6. The number of anilines is 2. The number of nitrogen functional groups attached to an aromatic ring is 2. The van der Waals surface area contributed by atoms with Crippen molar-refractivity contribution in [1.29, 1.82) is 0 Å². The fraction of sp³-hybridized carbons (Fsp3) is 0.625. The van der Waals surface area contributed by atoms with Gasteiger partial charge < -0.3 is 31.2 Å². The molecule has 0 aromatic heterocycles. The first-order valence-electron chi connectivity index (χ1n) is 28.7. The Labute approximate surface area is 416 Å². The minimum absolute atomic E-state index is 0.0176. The molecule has 16 saturated carbocycles. The highest BCUT2D eigenvalue weighted by Crippen LogP contribution is 2.88. The summed E-state index contributed by atoms with van der Waals surface area (Å²) < 4.78 is 14.6. The van der Waals surface area contributed by atoms with Crippen LogP contribution >= 0.6 is 0 Å². The van der Waals surface area contributed by atoms with E-state index in [4.69, 9.17) is 20.9 Å². The molecule has 6 nitrogen and oxygen atoms in total. The summed E-state index contributed by atoms with van der Waals surface area (Å²) >= 11 is 0. The van der Waals surface area contributed by atoms with Crippen LogP contribution in [0, 0.1) is 105 Å². The van der Waals surface area contributed by atoms with Crippen molar-refractivity contribution in [2.45, 2.75) is 140 Å². The molecule has 6 N–H and O–H groups in total. The molecule has 4 aromatic rings. The SMILES string of the molecule is Nc1ccc(Oc2ccccc2C2(c3ccccc3Oc3ccc(N)c(O)c3)C3CC4CC(C3)CC2(C23CC5CC(CC(C5)C2C25CC6CC(CC(C6)C2C26CC7CC(CC(C7)C2)C6)C5)C3)C4)cc1O. The van der Waals surface area contributed by atoms with Gasteiger partial charge >= 0.3 is 0 Å². The van der Waals surface area contributed by atoms with Gasteiger partial charge in [-0.1, -0.05) is 36.4 Å². The zero-order chi connectivity index (χ0) is 46.5. The van der Waals surface area contributed by atoms with E-state index in [1.165, 1.54) is 114 Å². The lowest BCUT2D eigenvalue weighted by molar-refractivity contribution is -0.321. The number of rotatable bonds is 9. The maximum Gasteiger partial charge on any atom is 0.142 e. The Kier molecular flexibility index (Phi) is 8.72. The lowest BCUT2D eigenvalue weighted by Crippen LogP contribution is -2.76. The molecule has 16 aliphatic carbocycles. The molecule has 16 bridgehead atoms. The van der Waals surface area contributed by atoms with Gasteiger partial charge in [0.2, 0.25) is 0 Å². The number of nitrogens with two attached hydrogens (primary N) is 2. The molecule has 70 heavy (non-hydrogen) atoms. The molecule has 4 aromatic carbocycles. The molecule has 0 spiro atoms. The van der Waals surface area contributed by atoms with Gasteiger partial charge in [0.25, 0.3) is 0 Å². The van der Waals surface area contributed by atoms with Gasteiger partial charge in [0.1, 0.15) is 34.5 Å². The summed E-state index contributed by atoms with van der Waals surface area (Å²) in [5.74, 6) is 14.9. The highest BCUT2D eigenvalue weighted by Gasteiger charge is 2.81. The smallest absolute Gasteiger partial charge is 0.142 e. The Morgan fingerprint density at radius 2 is 0.843 bits per heavy atom. The van der Waals surface area contributed by atoms with Gasteiger partial charge in [-0.25, -0.2) is 0 Å². The van der Waals surface area contributed by atoms with Crippen LogP contribution in [0.4, 0.5) is 11.4 Å². The van der Waals surface area contributed by atoms with Crippen molar-refractivity contribution in [1.82, 2.24) is 0 Å². The third-order valence-corrected chi connectivity index (χ3v) is 24.6. The number of ether oxygens (including phenoxy) is 2. The first kappa shape index (κ1) is 42.2. The van der Waals surface area contributed by atoms with E-state index in [9.17, 15) is 10.2 Å². The van der Waals surface area contributed by atoms with Crippen molar-refractivity contribution in [3.63, 3.8) is 0 Å². The first-order valence-corrected chi connectivity index (χ1v) is 28.7. The fourth-order valence-corrected chi connectivity index (χ4v) is 25.1. The summed E-state index contributed by atoms with van der Waals surface area (Å²) in [5, 5.41) is 22.1. The van der Waals surface area contributed by atoms with Crippen LogP contribution in [0.5, 0.6) is 34.5 Å². The Morgan fingerprint density at radius 1 is 0.429 bits per heavy atom. The van der Waals surface area contributed by atoms with Gasteiger partial charge in [-0.3, -0.25) is 0 Å². The molecule has 16 fully saturated rings. The largest absolute Gasteiger partial charge is 0.506 e. The normalized spacial score (nSPS) is 45.7. The predicted molar refractivity (Wildman–Crippen MR) is 274 cm³/mol. The van der Waals surface area contributed by atoms with E-state index in [1.54, 1.807) is 56.4 Å². The second kappa shape index (κ2) is 14.5. The highest BCUT2D eigenvalue weighted by molar-refractivity contribution is 5.61. The quantitative estimate of drug-likeness (QED) is 0.0983. The van der Waals surface area contributed by atoms with Crippen LogP contribution < -0.4 is 20.9 Å². The highest BCUT2D eigenvalue weighted by atomic mass is 16.5. The zero-order valence-electron chi connectivity index (χ0n) is 41.4. The Hall–Kier alpha value is -4.32. The molecule has 16 aliphatic rings. The molecule has 8 atom stereocenters. The molecular formula is C64H76N2O4. The molecule has 6 heteroatoms. The number of benzene rings is 4. The molecule has 0 amide bonds. The van der Waals surface area contributed by atoms with Gasteiger partial charge in [-0.05, 0) is 276 Å². The Morgan fingerprint density at radius 3 is 1.31 bits per heavy atom. The molecule has 0 heterocycles. The third kappa shape index (κ3) is 5.53. The predicted octanol–water partition coefficient (Wildman–Crippen LogP) is 15.1. The van der Waals surface area contributed by atoms with E-state index in [0.717, 1.165) is 88.4 Å². The van der Waals surface area contributed by atoms with Crippen LogP contribution in [0.1, 0.15) is 146 Å². The summed E-state index contributed by atoms with van der Waals surface area (Å²) in [6.45, 7) is 0. The van der Waals surface area contributed by atoms with Crippen LogP contribution in [0.15, 0.2) is 84.9 Å². The van der Waals surface area contributed by atoms with E-state index in [0.29, 0.717) is 39.6 Å². The maximum absolute atomic E-state index is 11.0.